The van der Waals surface area contributed by atoms with E-state index < -0.39 is 35.7 Å². The average molecular weight is 561 g/mol. The number of amides is 2. The molecule has 10 nitrogen and oxygen atoms in total. The fraction of sp³-hybridized carbons (Fsp3) is 0.0625. The molecular formula is C32H20N2O8. The van der Waals surface area contributed by atoms with Crippen molar-refractivity contribution in [2.45, 2.75) is 13.8 Å². The Bertz CT molecular complexity index is 1790. The van der Waals surface area contributed by atoms with Gasteiger partial charge in [0.2, 0.25) is 0 Å². The van der Waals surface area contributed by atoms with Crippen molar-refractivity contribution in [2.75, 3.05) is 10.6 Å². The molecule has 2 aliphatic heterocycles. The third-order valence-electron chi connectivity index (χ3n) is 7.07. The number of carbonyl (C=O) groups excluding carboxylic acids is 6. The molecule has 0 aromatic heterocycles. The Morgan fingerprint density at radius 1 is 0.476 bits per heavy atom. The Kier molecular flexibility index (Phi) is 6.23. The van der Waals surface area contributed by atoms with Gasteiger partial charge in [-0.1, -0.05) is 12.1 Å². The second-order valence-corrected chi connectivity index (χ2v) is 9.84. The van der Waals surface area contributed by atoms with E-state index in [9.17, 15) is 28.8 Å². The van der Waals surface area contributed by atoms with Crippen LogP contribution in [0.2, 0.25) is 0 Å². The molecule has 0 radical (unpaired) electrons. The maximum absolute atomic E-state index is 12.8. The Morgan fingerprint density at radius 2 is 0.833 bits per heavy atom. The fourth-order valence-corrected chi connectivity index (χ4v) is 4.95. The van der Waals surface area contributed by atoms with Crippen LogP contribution in [0, 0.1) is 13.8 Å². The first kappa shape index (κ1) is 26.3. The van der Waals surface area contributed by atoms with Gasteiger partial charge in [-0.25, -0.2) is 19.2 Å². The summed E-state index contributed by atoms with van der Waals surface area (Å²) in [5, 5.41) is 5.61. The SMILES string of the molecule is Cc1cc(NC(=O)c2ccc3c(c2)C(=O)OC3=O)ccc1-c1ccc(NC(=O)c2ccc3c(c2)C(=O)OC3=O)cc1C. The molecule has 42 heavy (non-hydrogen) atoms. The van der Waals surface area contributed by atoms with Gasteiger partial charge in [0.1, 0.15) is 0 Å². The summed E-state index contributed by atoms with van der Waals surface area (Å²) >= 11 is 0. The van der Waals surface area contributed by atoms with Crippen molar-refractivity contribution in [2.24, 2.45) is 0 Å². The van der Waals surface area contributed by atoms with Crippen LogP contribution in [0.1, 0.15) is 73.3 Å². The summed E-state index contributed by atoms with van der Waals surface area (Å²) in [5.41, 5.74) is 5.50. The number of cyclic esters (lactones) is 4. The van der Waals surface area contributed by atoms with Gasteiger partial charge >= 0.3 is 23.9 Å². The van der Waals surface area contributed by atoms with Gasteiger partial charge in [0, 0.05) is 22.5 Å². The van der Waals surface area contributed by atoms with Crippen LogP contribution in [0.5, 0.6) is 0 Å². The van der Waals surface area contributed by atoms with Crippen molar-refractivity contribution < 1.29 is 38.2 Å². The third kappa shape index (κ3) is 4.60. The standard InChI is InChI=1S/C32H20N2O8/c1-15-11-19(33-27(35)17-3-7-23-25(13-17)31(39)41-29(23)37)5-9-21(15)22-10-6-20(12-16(22)2)34-28(36)18-4-8-24-26(14-18)32(40)42-30(24)38/h3-14H,1-2H3,(H,33,35)(H,34,36). The summed E-state index contributed by atoms with van der Waals surface area (Å²) in [4.78, 5) is 72.6. The zero-order valence-electron chi connectivity index (χ0n) is 22.2. The summed E-state index contributed by atoms with van der Waals surface area (Å²) in [6.45, 7) is 3.81. The summed E-state index contributed by atoms with van der Waals surface area (Å²) < 4.78 is 9.15. The lowest BCUT2D eigenvalue weighted by Gasteiger charge is -2.14. The number of carbonyl (C=O) groups is 6. The van der Waals surface area contributed by atoms with Crippen LogP contribution in [0.15, 0.2) is 72.8 Å². The number of hydrogen-bond acceptors (Lipinski definition) is 8. The van der Waals surface area contributed by atoms with Crippen LogP contribution in [0.25, 0.3) is 11.1 Å². The van der Waals surface area contributed by atoms with E-state index in [0.717, 1.165) is 22.3 Å². The Balaban J connectivity index is 1.16. The number of aryl methyl sites for hydroxylation is 2. The van der Waals surface area contributed by atoms with E-state index in [-0.39, 0.29) is 33.4 Å². The van der Waals surface area contributed by atoms with Crippen molar-refractivity contribution in [1.29, 1.82) is 0 Å². The molecule has 0 saturated heterocycles. The molecule has 206 valence electrons. The molecule has 4 aromatic carbocycles. The monoisotopic (exact) mass is 560 g/mol. The van der Waals surface area contributed by atoms with Crippen molar-refractivity contribution >= 4 is 47.1 Å². The van der Waals surface area contributed by atoms with Gasteiger partial charge in [0.25, 0.3) is 11.8 Å². The van der Waals surface area contributed by atoms with Crippen LogP contribution >= 0.6 is 0 Å². The molecule has 2 amide bonds. The molecule has 0 aliphatic carbocycles. The van der Waals surface area contributed by atoms with E-state index in [1.54, 1.807) is 12.1 Å². The molecule has 0 bridgehead atoms. The maximum atomic E-state index is 12.8. The third-order valence-corrected chi connectivity index (χ3v) is 7.07. The highest BCUT2D eigenvalue weighted by Crippen LogP contribution is 2.31. The fourth-order valence-electron chi connectivity index (χ4n) is 4.95. The summed E-state index contributed by atoms with van der Waals surface area (Å²) in [6, 6.07) is 19.3. The smallest absolute Gasteiger partial charge is 0.346 e. The van der Waals surface area contributed by atoms with Crippen LogP contribution in [0.4, 0.5) is 11.4 Å². The van der Waals surface area contributed by atoms with Gasteiger partial charge in [-0.05, 0) is 96.8 Å². The number of nitrogens with one attached hydrogen (secondary N) is 2. The molecule has 2 heterocycles. The Morgan fingerprint density at radius 3 is 1.21 bits per heavy atom. The van der Waals surface area contributed by atoms with Crippen LogP contribution in [-0.4, -0.2) is 35.7 Å². The van der Waals surface area contributed by atoms with E-state index in [0.29, 0.717) is 11.4 Å². The lowest BCUT2D eigenvalue weighted by atomic mass is 9.95. The zero-order valence-corrected chi connectivity index (χ0v) is 22.2. The van der Waals surface area contributed by atoms with Crippen LogP contribution in [-0.2, 0) is 9.47 Å². The van der Waals surface area contributed by atoms with Gasteiger partial charge < -0.3 is 20.1 Å². The summed E-state index contributed by atoms with van der Waals surface area (Å²) in [6.07, 6.45) is 0. The minimum atomic E-state index is -0.779. The van der Waals surface area contributed by atoms with Crippen LogP contribution < -0.4 is 10.6 Å². The van der Waals surface area contributed by atoms with E-state index in [1.807, 2.05) is 38.1 Å². The summed E-state index contributed by atoms with van der Waals surface area (Å²) in [7, 11) is 0. The minimum absolute atomic E-state index is 0.0581. The lowest BCUT2D eigenvalue weighted by molar-refractivity contribution is 0.0425. The first-order chi connectivity index (χ1) is 20.1. The van der Waals surface area contributed by atoms with E-state index in [1.165, 1.54) is 36.4 Å². The van der Waals surface area contributed by atoms with Gasteiger partial charge in [-0.15, -0.1) is 0 Å². The van der Waals surface area contributed by atoms with E-state index >= 15 is 0 Å². The molecule has 0 fully saturated rings. The number of hydrogen-bond donors (Lipinski definition) is 2. The first-order valence-electron chi connectivity index (χ1n) is 12.7. The predicted octanol–water partition coefficient (Wildman–Crippen LogP) is 5.10. The molecule has 6 rings (SSSR count). The van der Waals surface area contributed by atoms with Crippen molar-refractivity contribution in [3.05, 3.63) is 117 Å². The molecule has 0 spiro atoms. The number of esters is 4. The number of benzene rings is 4. The maximum Gasteiger partial charge on any atom is 0.346 e. The van der Waals surface area contributed by atoms with Gasteiger partial charge in [0.15, 0.2) is 0 Å². The lowest BCUT2D eigenvalue weighted by Crippen LogP contribution is -2.13. The van der Waals surface area contributed by atoms with E-state index in [2.05, 4.69) is 20.1 Å². The highest BCUT2D eigenvalue weighted by molar-refractivity contribution is 6.17. The van der Waals surface area contributed by atoms with E-state index in [4.69, 9.17) is 0 Å². The molecular weight excluding hydrogens is 540 g/mol. The number of fused-ring (bicyclic) bond motifs is 2. The minimum Gasteiger partial charge on any atom is -0.386 e. The van der Waals surface area contributed by atoms with Gasteiger partial charge in [0.05, 0.1) is 22.3 Å². The topological polar surface area (TPSA) is 145 Å². The van der Waals surface area contributed by atoms with Gasteiger partial charge in [-0.2, -0.15) is 0 Å². The molecule has 0 unspecified atom stereocenters. The van der Waals surface area contributed by atoms with Crippen molar-refractivity contribution in [3.63, 3.8) is 0 Å². The normalized spacial score (nSPS) is 13.3. The zero-order chi connectivity index (χ0) is 29.7. The number of rotatable bonds is 5. The van der Waals surface area contributed by atoms with Crippen LogP contribution in [0.3, 0.4) is 0 Å². The molecule has 10 heteroatoms. The molecule has 0 atom stereocenters. The second-order valence-electron chi connectivity index (χ2n) is 9.84. The van der Waals surface area contributed by atoms with Crippen molar-refractivity contribution in [3.8, 4) is 11.1 Å². The molecule has 4 aromatic rings. The first-order valence-corrected chi connectivity index (χ1v) is 12.7. The number of anilines is 2. The van der Waals surface area contributed by atoms with Crippen molar-refractivity contribution in [1.82, 2.24) is 0 Å². The number of ether oxygens (including phenoxy) is 2. The second kappa shape index (κ2) is 9.93. The highest BCUT2D eigenvalue weighted by atomic mass is 16.6. The van der Waals surface area contributed by atoms with Gasteiger partial charge in [-0.3, -0.25) is 9.59 Å². The molecule has 2 N–H and O–H groups in total. The average Bonchev–Trinajstić information content (AvgIpc) is 3.41. The predicted molar refractivity (Wildman–Crippen MR) is 150 cm³/mol. The highest BCUT2D eigenvalue weighted by Gasteiger charge is 2.31. The molecule has 0 saturated carbocycles. The largest absolute Gasteiger partial charge is 0.386 e. The quantitative estimate of drug-likeness (QED) is 0.253. The summed E-state index contributed by atoms with van der Waals surface area (Å²) in [5.74, 6) is -3.91. The molecule has 2 aliphatic rings. The Labute approximate surface area is 238 Å². The Hall–Kier alpha value is -5.90.